The molecule has 122 valence electrons. The highest BCUT2D eigenvalue weighted by molar-refractivity contribution is 7.99. The summed E-state index contributed by atoms with van der Waals surface area (Å²) in [6.45, 7) is 4.64. The molecule has 1 rings (SSSR count). The lowest BCUT2D eigenvalue weighted by Gasteiger charge is -2.13. The van der Waals surface area contributed by atoms with Crippen LogP contribution in [-0.4, -0.2) is 31.1 Å². The summed E-state index contributed by atoms with van der Waals surface area (Å²) in [5, 5.41) is 6.10. The third kappa shape index (κ3) is 6.89. The van der Waals surface area contributed by atoms with Crippen molar-refractivity contribution in [1.29, 1.82) is 0 Å². The Hall–Kier alpha value is -1.63. The number of halogens is 3. The second-order valence-electron chi connectivity index (χ2n) is 4.41. The zero-order valence-electron chi connectivity index (χ0n) is 12.4. The number of thioether (sulfide) groups is 1. The summed E-state index contributed by atoms with van der Waals surface area (Å²) < 4.78 is 37.9. The van der Waals surface area contributed by atoms with Crippen molar-refractivity contribution in [2.24, 2.45) is 4.99 Å². The zero-order valence-corrected chi connectivity index (χ0v) is 13.2. The van der Waals surface area contributed by atoms with Crippen molar-refractivity contribution in [3.8, 4) is 0 Å². The number of hydrogen-bond acceptors (Lipinski definition) is 2. The smallest absolute Gasteiger partial charge is 0.356 e. The number of nitrogens with one attached hydrogen (secondary N) is 2. The lowest BCUT2D eigenvalue weighted by Crippen LogP contribution is -2.38. The summed E-state index contributed by atoms with van der Waals surface area (Å²) >= 11 is 1.74. The molecule has 22 heavy (non-hydrogen) atoms. The van der Waals surface area contributed by atoms with E-state index >= 15 is 0 Å². The summed E-state index contributed by atoms with van der Waals surface area (Å²) in [5.74, 6) is 2.35. The molecule has 0 spiro atoms. The average molecular weight is 331 g/mol. The van der Waals surface area contributed by atoms with Crippen LogP contribution in [0, 0.1) is 0 Å². The maximum absolute atomic E-state index is 12.6. The van der Waals surface area contributed by atoms with Gasteiger partial charge in [0.2, 0.25) is 0 Å². The van der Waals surface area contributed by atoms with Gasteiger partial charge in [-0.3, -0.25) is 4.99 Å². The van der Waals surface area contributed by atoms with Crippen molar-refractivity contribution in [3.05, 3.63) is 48.0 Å². The molecule has 0 aliphatic carbocycles. The van der Waals surface area contributed by atoms with Gasteiger partial charge in [-0.1, -0.05) is 18.2 Å². The number of benzene rings is 1. The van der Waals surface area contributed by atoms with Crippen molar-refractivity contribution in [3.63, 3.8) is 0 Å². The Kier molecular flexibility index (Phi) is 7.87. The topological polar surface area (TPSA) is 36.4 Å². The second kappa shape index (κ2) is 9.40. The molecule has 0 saturated heterocycles. The first-order valence-corrected chi connectivity index (χ1v) is 7.92. The highest BCUT2D eigenvalue weighted by Gasteiger charge is 2.30. The highest BCUT2D eigenvalue weighted by atomic mass is 32.2. The minimum Gasteiger partial charge on any atom is -0.356 e. The Labute approximate surface area is 133 Å². The van der Waals surface area contributed by atoms with E-state index in [4.69, 9.17) is 0 Å². The van der Waals surface area contributed by atoms with Crippen LogP contribution in [0.25, 0.3) is 0 Å². The molecule has 7 heteroatoms. The third-order valence-electron chi connectivity index (χ3n) is 2.71. The molecule has 0 aromatic heterocycles. The standard InChI is InChI=1S/C15H20F3N3S/c1-3-8-22-9-7-20-14(19-2)21-11-12-5-4-6-13(10-12)15(16,17)18/h3-6,10H,1,7-9,11H2,2H3,(H2,19,20,21). The van der Waals surface area contributed by atoms with Crippen LogP contribution >= 0.6 is 11.8 Å². The summed E-state index contributed by atoms with van der Waals surface area (Å²) in [4.78, 5) is 4.03. The molecule has 2 N–H and O–H groups in total. The Morgan fingerprint density at radius 1 is 1.36 bits per heavy atom. The summed E-state index contributed by atoms with van der Waals surface area (Å²) in [6, 6.07) is 5.25. The van der Waals surface area contributed by atoms with Gasteiger partial charge in [0.05, 0.1) is 5.56 Å². The first-order chi connectivity index (χ1) is 10.5. The number of aliphatic imine (C=N–C) groups is 1. The molecule has 0 aliphatic heterocycles. The fourth-order valence-corrected chi connectivity index (χ4v) is 2.25. The predicted octanol–water partition coefficient (Wildman–Crippen LogP) is 3.29. The maximum Gasteiger partial charge on any atom is 0.416 e. The quantitative estimate of drug-likeness (QED) is 0.348. The van der Waals surface area contributed by atoms with E-state index in [0.717, 1.165) is 30.2 Å². The number of alkyl halides is 3. The maximum atomic E-state index is 12.6. The lowest BCUT2D eigenvalue weighted by atomic mass is 10.1. The van der Waals surface area contributed by atoms with Gasteiger partial charge in [-0.25, -0.2) is 0 Å². The van der Waals surface area contributed by atoms with Gasteiger partial charge >= 0.3 is 6.18 Å². The minimum atomic E-state index is -4.32. The van der Waals surface area contributed by atoms with Gasteiger partial charge in [-0.2, -0.15) is 24.9 Å². The van der Waals surface area contributed by atoms with E-state index in [9.17, 15) is 13.2 Å². The predicted molar refractivity (Wildman–Crippen MR) is 87.2 cm³/mol. The van der Waals surface area contributed by atoms with Crippen LogP contribution in [0.2, 0.25) is 0 Å². The van der Waals surface area contributed by atoms with E-state index in [2.05, 4.69) is 22.2 Å². The van der Waals surface area contributed by atoms with Crippen molar-refractivity contribution in [1.82, 2.24) is 10.6 Å². The number of rotatable bonds is 7. The lowest BCUT2D eigenvalue weighted by molar-refractivity contribution is -0.137. The van der Waals surface area contributed by atoms with Crippen molar-refractivity contribution in [2.45, 2.75) is 12.7 Å². The van der Waals surface area contributed by atoms with Crippen LogP contribution < -0.4 is 10.6 Å². The fraction of sp³-hybridized carbons (Fsp3) is 0.400. The van der Waals surface area contributed by atoms with Gasteiger partial charge in [-0.15, -0.1) is 6.58 Å². The Morgan fingerprint density at radius 3 is 2.77 bits per heavy atom. The Balaban J connectivity index is 2.45. The van der Waals surface area contributed by atoms with Gasteiger partial charge in [0, 0.05) is 31.6 Å². The monoisotopic (exact) mass is 331 g/mol. The summed E-state index contributed by atoms with van der Waals surface area (Å²) in [6.07, 6.45) is -2.48. The molecule has 0 unspecified atom stereocenters. The van der Waals surface area contributed by atoms with Gasteiger partial charge < -0.3 is 10.6 Å². The van der Waals surface area contributed by atoms with Crippen LogP contribution in [0.4, 0.5) is 13.2 Å². The Bertz CT molecular complexity index is 501. The van der Waals surface area contributed by atoms with Gasteiger partial charge in [-0.05, 0) is 17.7 Å². The molecule has 0 radical (unpaired) electrons. The van der Waals surface area contributed by atoms with E-state index < -0.39 is 11.7 Å². The normalized spacial score (nSPS) is 12.1. The van der Waals surface area contributed by atoms with Crippen molar-refractivity contribution < 1.29 is 13.2 Å². The minimum absolute atomic E-state index is 0.281. The number of nitrogens with zero attached hydrogens (tertiary/aromatic N) is 1. The summed E-state index contributed by atoms with van der Waals surface area (Å²) in [5.41, 5.74) is -0.0885. The van der Waals surface area contributed by atoms with Crippen LogP contribution in [-0.2, 0) is 12.7 Å². The molecule has 0 heterocycles. The first-order valence-electron chi connectivity index (χ1n) is 6.76. The fourth-order valence-electron chi connectivity index (χ4n) is 1.67. The molecule has 3 nitrogen and oxygen atoms in total. The van der Waals surface area contributed by atoms with Crippen molar-refractivity contribution >= 4 is 17.7 Å². The van der Waals surface area contributed by atoms with E-state index in [1.54, 1.807) is 24.9 Å². The molecule has 1 aromatic carbocycles. The molecule has 0 fully saturated rings. The SMILES string of the molecule is C=CCSCCNC(=NC)NCc1cccc(C(F)(F)F)c1. The third-order valence-corrected chi connectivity index (χ3v) is 3.68. The van der Waals surface area contributed by atoms with Gasteiger partial charge in [0.15, 0.2) is 5.96 Å². The Morgan fingerprint density at radius 2 is 2.14 bits per heavy atom. The van der Waals surface area contributed by atoms with Crippen LogP contribution in [0.15, 0.2) is 41.9 Å². The van der Waals surface area contributed by atoms with Crippen LogP contribution in [0.5, 0.6) is 0 Å². The molecular formula is C15H20F3N3S. The molecular weight excluding hydrogens is 311 g/mol. The number of hydrogen-bond donors (Lipinski definition) is 2. The number of guanidine groups is 1. The van der Waals surface area contributed by atoms with Crippen LogP contribution in [0.1, 0.15) is 11.1 Å². The molecule has 0 saturated carbocycles. The average Bonchev–Trinajstić information content (AvgIpc) is 2.49. The van der Waals surface area contributed by atoms with Gasteiger partial charge in [0.1, 0.15) is 0 Å². The zero-order chi connectivity index (χ0) is 16.4. The van der Waals surface area contributed by atoms with E-state index in [1.807, 2.05) is 6.08 Å². The molecule has 0 atom stereocenters. The molecule has 1 aromatic rings. The van der Waals surface area contributed by atoms with E-state index in [1.165, 1.54) is 6.07 Å². The van der Waals surface area contributed by atoms with E-state index in [-0.39, 0.29) is 6.54 Å². The van der Waals surface area contributed by atoms with Crippen molar-refractivity contribution in [2.75, 3.05) is 25.1 Å². The molecule has 0 bridgehead atoms. The second-order valence-corrected chi connectivity index (χ2v) is 5.56. The van der Waals surface area contributed by atoms with Gasteiger partial charge in [0.25, 0.3) is 0 Å². The summed E-state index contributed by atoms with van der Waals surface area (Å²) in [7, 11) is 1.62. The van der Waals surface area contributed by atoms with Crippen LogP contribution in [0.3, 0.4) is 0 Å². The van der Waals surface area contributed by atoms with E-state index in [0.29, 0.717) is 11.5 Å². The first kappa shape index (κ1) is 18.4. The molecule has 0 aliphatic rings. The largest absolute Gasteiger partial charge is 0.416 e. The highest BCUT2D eigenvalue weighted by Crippen LogP contribution is 2.29. The molecule has 0 amide bonds.